The molecule has 2 rings (SSSR count). The van der Waals surface area contributed by atoms with Crippen molar-refractivity contribution in [3.63, 3.8) is 0 Å². The second-order valence-electron chi connectivity index (χ2n) is 3.66. The highest BCUT2D eigenvalue weighted by molar-refractivity contribution is 7.99. The fourth-order valence-electron chi connectivity index (χ4n) is 1.34. The fourth-order valence-corrected chi connectivity index (χ4v) is 1.92. The van der Waals surface area contributed by atoms with Crippen LogP contribution >= 0.6 is 11.8 Å². The van der Waals surface area contributed by atoms with Crippen LogP contribution in [0.25, 0.3) is 0 Å². The average molecular weight is 294 g/mol. The molecule has 1 aromatic heterocycles. The lowest BCUT2D eigenvalue weighted by atomic mass is 10.3. The topological polar surface area (TPSA) is 74.5 Å². The van der Waals surface area contributed by atoms with Crippen LogP contribution in [-0.4, -0.2) is 28.5 Å². The maximum absolute atomic E-state index is 11.2. The number of hydrogen-bond acceptors (Lipinski definition) is 7. The van der Waals surface area contributed by atoms with Crippen LogP contribution in [0.1, 0.15) is 12.8 Å². The lowest BCUT2D eigenvalue weighted by molar-refractivity contribution is -0.139. The van der Waals surface area contributed by atoms with Crippen LogP contribution in [0.5, 0.6) is 5.75 Å². The Kier molecular flexibility index (Phi) is 5.43. The van der Waals surface area contributed by atoms with E-state index in [4.69, 9.17) is 13.9 Å². The summed E-state index contributed by atoms with van der Waals surface area (Å²) in [6.07, 6.45) is 0. The molecule has 20 heavy (non-hydrogen) atoms. The van der Waals surface area contributed by atoms with Gasteiger partial charge in [-0.1, -0.05) is 30.0 Å². The van der Waals surface area contributed by atoms with Gasteiger partial charge in [-0.05, 0) is 19.1 Å². The maximum atomic E-state index is 11.2. The van der Waals surface area contributed by atoms with Gasteiger partial charge in [-0.25, -0.2) is 0 Å². The first-order valence-corrected chi connectivity index (χ1v) is 7.05. The molecule has 0 amide bonds. The van der Waals surface area contributed by atoms with Crippen molar-refractivity contribution in [3.8, 4) is 5.75 Å². The monoisotopic (exact) mass is 294 g/mol. The van der Waals surface area contributed by atoms with E-state index in [1.807, 2.05) is 30.3 Å². The molecule has 0 aliphatic carbocycles. The van der Waals surface area contributed by atoms with Crippen molar-refractivity contribution in [1.82, 2.24) is 10.2 Å². The summed E-state index contributed by atoms with van der Waals surface area (Å²) in [5.41, 5.74) is 0. The minimum absolute atomic E-state index is 0.148. The smallest absolute Gasteiger partial charge is 0.316 e. The lowest BCUT2D eigenvalue weighted by Crippen LogP contribution is -2.06. The Balaban J connectivity index is 1.79. The molecular weight excluding hydrogens is 280 g/mol. The molecule has 0 unspecified atom stereocenters. The predicted molar refractivity (Wildman–Crippen MR) is 72.4 cm³/mol. The Morgan fingerprint density at radius 1 is 1.30 bits per heavy atom. The fraction of sp³-hybridized carbons (Fsp3) is 0.308. The van der Waals surface area contributed by atoms with Crippen LogP contribution in [0.4, 0.5) is 0 Å². The van der Waals surface area contributed by atoms with Crippen LogP contribution in [0.2, 0.25) is 0 Å². The molecule has 7 heteroatoms. The second-order valence-corrected chi connectivity index (χ2v) is 4.58. The van der Waals surface area contributed by atoms with Gasteiger partial charge in [-0.2, -0.15) is 0 Å². The molecule has 0 bridgehead atoms. The first-order chi connectivity index (χ1) is 9.78. The quantitative estimate of drug-likeness (QED) is 0.573. The highest BCUT2D eigenvalue weighted by Gasteiger charge is 2.10. The molecule has 1 heterocycles. The van der Waals surface area contributed by atoms with E-state index < -0.39 is 0 Å². The highest BCUT2D eigenvalue weighted by Crippen LogP contribution is 2.17. The number of rotatable bonds is 7. The maximum Gasteiger partial charge on any atom is 0.316 e. The zero-order valence-corrected chi connectivity index (χ0v) is 11.8. The Morgan fingerprint density at radius 3 is 2.85 bits per heavy atom. The number of ether oxygens (including phenoxy) is 2. The molecule has 6 nitrogen and oxygen atoms in total. The van der Waals surface area contributed by atoms with Crippen molar-refractivity contribution in [2.45, 2.75) is 18.8 Å². The van der Waals surface area contributed by atoms with E-state index in [-0.39, 0.29) is 18.3 Å². The molecule has 1 aromatic carbocycles. The summed E-state index contributed by atoms with van der Waals surface area (Å²) in [5.74, 6) is 0.930. The third-order valence-electron chi connectivity index (χ3n) is 2.17. The largest absolute Gasteiger partial charge is 0.484 e. The second kappa shape index (κ2) is 7.54. The number of carbonyl (C=O) groups excluding carboxylic acids is 1. The summed E-state index contributed by atoms with van der Waals surface area (Å²) in [4.78, 5) is 11.2. The van der Waals surface area contributed by atoms with Crippen molar-refractivity contribution >= 4 is 17.7 Å². The van der Waals surface area contributed by atoms with Crippen molar-refractivity contribution < 1.29 is 18.7 Å². The van der Waals surface area contributed by atoms with E-state index in [1.54, 1.807) is 6.92 Å². The molecule has 0 atom stereocenters. The Hall–Kier alpha value is -2.02. The van der Waals surface area contributed by atoms with Crippen LogP contribution in [0.15, 0.2) is 40.0 Å². The van der Waals surface area contributed by atoms with Crippen LogP contribution in [-0.2, 0) is 16.1 Å². The summed E-state index contributed by atoms with van der Waals surface area (Å²) in [6.45, 7) is 2.31. The molecular formula is C13H14N2O4S. The molecule has 0 spiro atoms. The van der Waals surface area contributed by atoms with E-state index in [9.17, 15) is 4.79 Å². The van der Waals surface area contributed by atoms with Gasteiger partial charge in [0.1, 0.15) is 11.5 Å². The van der Waals surface area contributed by atoms with E-state index in [1.165, 1.54) is 0 Å². The van der Waals surface area contributed by atoms with E-state index >= 15 is 0 Å². The van der Waals surface area contributed by atoms with E-state index in [2.05, 4.69) is 10.2 Å². The summed E-state index contributed by atoms with van der Waals surface area (Å²) in [7, 11) is 0. The number of benzene rings is 1. The van der Waals surface area contributed by atoms with Gasteiger partial charge in [0.25, 0.3) is 11.1 Å². The Bertz CT molecular complexity index is 544. The van der Waals surface area contributed by atoms with Gasteiger partial charge in [0, 0.05) is 0 Å². The standard InChI is InChI=1S/C13H14N2O4S/c1-2-17-12(16)9-20-13-15-14-11(19-13)8-18-10-6-4-3-5-7-10/h3-7H,2,8-9H2,1H3. The molecule has 2 aromatic rings. The minimum Gasteiger partial charge on any atom is -0.484 e. The normalized spacial score (nSPS) is 10.2. The zero-order valence-electron chi connectivity index (χ0n) is 10.9. The van der Waals surface area contributed by atoms with Crippen molar-refractivity contribution in [1.29, 1.82) is 0 Å². The molecule has 0 saturated carbocycles. The van der Waals surface area contributed by atoms with Crippen LogP contribution < -0.4 is 4.74 Å². The van der Waals surface area contributed by atoms with Gasteiger partial charge in [-0.3, -0.25) is 4.79 Å². The van der Waals surface area contributed by atoms with E-state index in [0.717, 1.165) is 17.5 Å². The van der Waals surface area contributed by atoms with Gasteiger partial charge in [-0.15, -0.1) is 10.2 Å². The highest BCUT2D eigenvalue weighted by atomic mass is 32.2. The van der Waals surface area contributed by atoms with Crippen LogP contribution in [0.3, 0.4) is 0 Å². The first kappa shape index (κ1) is 14.4. The number of aromatic nitrogens is 2. The molecule has 0 aliphatic heterocycles. The Labute approximate surface area is 120 Å². The summed E-state index contributed by atoms with van der Waals surface area (Å²) in [6, 6.07) is 9.34. The third kappa shape index (κ3) is 4.58. The SMILES string of the molecule is CCOC(=O)CSc1nnc(COc2ccccc2)o1. The number of carbonyl (C=O) groups is 1. The van der Waals surface area contributed by atoms with E-state index in [0.29, 0.717) is 17.7 Å². The van der Waals surface area contributed by atoms with Gasteiger partial charge in [0.15, 0.2) is 6.61 Å². The van der Waals surface area contributed by atoms with Gasteiger partial charge < -0.3 is 13.9 Å². The number of esters is 1. The molecule has 0 fully saturated rings. The number of nitrogens with zero attached hydrogens (tertiary/aromatic N) is 2. The lowest BCUT2D eigenvalue weighted by Gasteiger charge is -2.01. The zero-order chi connectivity index (χ0) is 14.2. The molecule has 0 radical (unpaired) electrons. The van der Waals surface area contributed by atoms with Crippen molar-refractivity contribution in [2.24, 2.45) is 0 Å². The number of thioether (sulfide) groups is 1. The summed E-state index contributed by atoms with van der Waals surface area (Å²) >= 11 is 1.14. The minimum atomic E-state index is -0.308. The first-order valence-electron chi connectivity index (χ1n) is 6.06. The predicted octanol–water partition coefficient (Wildman–Crippen LogP) is 2.30. The van der Waals surface area contributed by atoms with Gasteiger partial charge in [0.05, 0.1) is 6.61 Å². The van der Waals surface area contributed by atoms with Crippen LogP contribution in [0, 0.1) is 0 Å². The van der Waals surface area contributed by atoms with Gasteiger partial charge in [0.2, 0.25) is 0 Å². The third-order valence-corrected chi connectivity index (χ3v) is 2.96. The van der Waals surface area contributed by atoms with Crippen molar-refractivity contribution in [3.05, 3.63) is 36.2 Å². The molecule has 106 valence electrons. The Morgan fingerprint density at radius 2 is 2.10 bits per heavy atom. The number of para-hydroxylation sites is 1. The van der Waals surface area contributed by atoms with Crippen molar-refractivity contribution in [2.75, 3.05) is 12.4 Å². The molecule has 0 saturated heterocycles. The summed E-state index contributed by atoms with van der Waals surface area (Å²) < 4.78 is 15.6. The van der Waals surface area contributed by atoms with Gasteiger partial charge >= 0.3 is 5.97 Å². The molecule has 0 aliphatic rings. The summed E-state index contributed by atoms with van der Waals surface area (Å²) in [5, 5.41) is 7.98. The molecule has 0 N–H and O–H groups in total. The number of hydrogen-bond donors (Lipinski definition) is 0. The average Bonchev–Trinajstić information content (AvgIpc) is 2.92.